The average molecular weight is 334 g/mol. The molecule has 0 fully saturated rings. The van der Waals surface area contributed by atoms with Crippen molar-refractivity contribution in [2.45, 2.75) is 6.36 Å². The Kier molecular flexibility index (Phi) is 3.61. The lowest BCUT2D eigenvalue weighted by molar-refractivity contribution is -0.274. The van der Waals surface area contributed by atoms with E-state index in [0.29, 0.717) is 0 Å². The van der Waals surface area contributed by atoms with Crippen LogP contribution in [0.15, 0.2) is 35.1 Å². The van der Waals surface area contributed by atoms with Crippen LogP contribution in [0.1, 0.15) is 0 Å². The molecule has 0 aliphatic carbocycles. The Morgan fingerprint density at radius 1 is 1.21 bits per heavy atom. The summed E-state index contributed by atoms with van der Waals surface area (Å²) < 4.78 is 41.1. The van der Waals surface area contributed by atoms with Crippen molar-refractivity contribution in [3.63, 3.8) is 0 Å². The minimum atomic E-state index is -4.77. The molecule has 0 saturated carbocycles. The lowest BCUT2D eigenvalue weighted by atomic mass is 10.1. The summed E-state index contributed by atoms with van der Waals surface area (Å²) in [5.74, 6) is -0.195. The number of benzene rings is 1. The highest BCUT2D eigenvalue weighted by atomic mass is 79.9. The summed E-state index contributed by atoms with van der Waals surface area (Å²) in [4.78, 5) is 7.84. The fourth-order valence-corrected chi connectivity index (χ4v) is 1.69. The Morgan fingerprint density at radius 3 is 2.53 bits per heavy atom. The Labute approximate surface area is 114 Å². The highest BCUT2D eigenvalue weighted by Crippen LogP contribution is 2.33. The molecular formula is C11H7BrF3N3O. The van der Waals surface area contributed by atoms with Gasteiger partial charge in [0.2, 0.25) is 0 Å². The second-order valence-electron chi connectivity index (χ2n) is 3.48. The molecule has 0 radical (unpaired) electrons. The molecule has 0 atom stereocenters. The Hall–Kier alpha value is -1.83. The van der Waals surface area contributed by atoms with E-state index in [2.05, 4.69) is 30.6 Å². The number of nitrogens with two attached hydrogens (primary N) is 1. The van der Waals surface area contributed by atoms with Crippen LogP contribution in [-0.4, -0.2) is 16.3 Å². The summed E-state index contributed by atoms with van der Waals surface area (Å²) in [7, 11) is 0. The zero-order chi connectivity index (χ0) is 14.0. The van der Waals surface area contributed by atoms with Crippen molar-refractivity contribution in [3.8, 4) is 17.0 Å². The number of aromatic nitrogens is 2. The molecule has 0 aliphatic rings. The van der Waals surface area contributed by atoms with Gasteiger partial charge in [0.25, 0.3) is 0 Å². The Balaban J connectivity index is 2.47. The average Bonchev–Trinajstić information content (AvgIpc) is 2.31. The van der Waals surface area contributed by atoms with Crippen molar-refractivity contribution in [3.05, 3.63) is 35.1 Å². The van der Waals surface area contributed by atoms with Crippen molar-refractivity contribution in [2.24, 2.45) is 0 Å². The van der Waals surface area contributed by atoms with E-state index in [1.54, 1.807) is 6.07 Å². The topological polar surface area (TPSA) is 61.0 Å². The number of para-hydroxylation sites is 1. The summed E-state index contributed by atoms with van der Waals surface area (Å²) in [6, 6.07) is 5.66. The van der Waals surface area contributed by atoms with Gasteiger partial charge in [0.05, 0.1) is 11.9 Å². The summed E-state index contributed by atoms with van der Waals surface area (Å²) in [6.07, 6.45) is -3.49. The maximum absolute atomic E-state index is 12.3. The van der Waals surface area contributed by atoms with E-state index in [1.807, 2.05) is 0 Å². The van der Waals surface area contributed by atoms with Gasteiger partial charge in [-0.1, -0.05) is 12.1 Å². The molecule has 4 nitrogen and oxygen atoms in total. The predicted molar refractivity (Wildman–Crippen MR) is 66.3 cm³/mol. The van der Waals surface area contributed by atoms with Crippen LogP contribution < -0.4 is 10.5 Å². The van der Waals surface area contributed by atoms with Gasteiger partial charge in [-0.05, 0) is 28.1 Å². The summed E-state index contributed by atoms with van der Waals surface area (Å²) >= 11 is 3.07. The first-order valence-corrected chi connectivity index (χ1v) is 5.79. The highest BCUT2D eigenvalue weighted by Gasteiger charge is 2.32. The molecule has 0 saturated heterocycles. The van der Waals surface area contributed by atoms with Crippen molar-refractivity contribution in [1.29, 1.82) is 0 Å². The zero-order valence-corrected chi connectivity index (χ0v) is 10.9. The zero-order valence-electron chi connectivity index (χ0n) is 9.28. The van der Waals surface area contributed by atoms with Gasteiger partial charge in [0, 0.05) is 5.56 Å². The van der Waals surface area contributed by atoms with E-state index in [1.165, 1.54) is 24.4 Å². The third-order valence-corrected chi connectivity index (χ3v) is 2.73. The van der Waals surface area contributed by atoms with Crippen LogP contribution in [-0.2, 0) is 0 Å². The number of anilines is 1. The molecule has 0 bridgehead atoms. The molecule has 1 heterocycles. The fraction of sp³-hybridized carbons (Fsp3) is 0.0909. The molecule has 0 amide bonds. The van der Waals surface area contributed by atoms with E-state index in [-0.39, 0.29) is 27.4 Å². The van der Waals surface area contributed by atoms with Crippen LogP contribution in [0.2, 0.25) is 0 Å². The lowest BCUT2D eigenvalue weighted by Gasteiger charge is -2.12. The van der Waals surface area contributed by atoms with E-state index in [4.69, 9.17) is 5.73 Å². The van der Waals surface area contributed by atoms with Gasteiger partial charge < -0.3 is 10.5 Å². The number of nitrogen functional groups attached to an aromatic ring is 1. The summed E-state index contributed by atoms with van der Waals surface area (Å²) in [5, 5.41) is 0. The van der Waals surface area contributed by atoms with Gasteiger partial charge in [-0.2, -0.15) is 0 Å². The number of halogens is 4. The van der Waals surface area contributed by atoms with Crippen molar-refractivity contribution in [1.82, 2.24) is 9.97 Å². The molecular weight excluding hydrogens is 327 g/mol. The van der Waals surface area contributed by atoms with Gasteiger partial charge in [0.1, 0.15) is 10.4 Å². The van der Waals surface area contributed by atoms with Gasteiger partial charge in [-0.25, -0.2) is 9.97 Å². The molecule has 0 aliphatic heterocycles. The van der Waals surface area contributed by atoms with E-state index < -0.39 is 6.36 Å². The molecule has 1 aromatic heterocycles. The predicted octanol–water partition coefficient (Wildman–Crippen LogP) is 3.39. The smallest absolute Gasteiger partial charge is 0.405 e. The minimum absolute atomic E-state index is 0.151. The first-order chi connectivity index (χ1) is 8.87. The molecule has 2 aromatic rings. The second-order valence-corrected chi connectivity index (χ2v) is 4.23. The van der Waals surface area contributed by atoms with Crippen LogP contribution >= 0.6 is 15.9 Å². The second kappa shape index (κ2) is 5.04. The largest absolute Gasteiger partial charge is 0.573 e. The molecule has 100 valence electrons. The van der Waals surface area contributed by atoms with Gasteiger partial charge in [0.15, 0.2) is 5.82 Å². The number of rotatable bonds is 2. The summed E-state index contributed by atoms with van der Waals surface area (Å²) in [5.41, 5.74) is 5.87. The third-order valence-electron chi connectivity index (χ3n) is 2.14. The first kappa shape index (κ1) is 13.6. The van der Waals surface area contributed by atoms with Crippen LogP contribution in [0.5, 0.6) is 5.75 Å². The van der Waals surface area contributed by atoms with Gasteiger partial charge >= 0.3 is 6.36 Å². The molecule has 2 N–H and O–H groups in total. The minimum Gasteiger partial charge on any atom is -0.405 e. The number of alkyl halides is 3. The molecule has 2 rings (SSSR count). The van der Waals surface area contributed by atoms with Crippen LogP contribution in [0.3, 0.4) is 0 Å². The van der Waals surface area contributed by atoms with Crippen molar-refractivity contribution >= 4 is 21.7 Å². The lowest BCUT2D eigenvalue weighted by Crippen LogP contribution is -2.17. The van der Waals surface area contributed by atoms with Crippen molar-refractivity contribution in [2.75, 3.05) is 5.73 Å². The summed E-state index contributed by atoms with van der Waals surface area (Å²) in [6.45, 7) is 0. The first-order valence-electron chi connectivity index (χ1n) is 5.00. The van der Waals surface area contributed by atoms with E-state index in [9.17, 15) is 13.2 Å². The van der Waals surface area contributed by atoms with Crippen LogP contribution in [0, 0.1) is 0 Å². The van der Waals surface area contributed by atoms with Crippen molar-refractivity contribution < 1.29 is 17.9 Å². The molecule has 1 aromatic carbocycles. The number of nitrogens with zero attached hydrogens (tertiary/aromatic N) is 2. The van der Waals surface area contributed by atoms with E-state index >= 15 is 0 Å². The Bertz CT molecular complexity index is 604. The highest BCUT2D eigenvalue weighted by molar-refractivity contribution is 9.10. The number of hydrogen-bond acceptors (Lipinski definition) is 4. The quantitative estimate of drug-likeness (QED) is 0.915. The monoisotopic (exact) mass is 333 g/mol. The van der Waals surface area contributed by atoms with Gasteiger partial charge in [-0.15, -0.1) is 13.2 Å². The molecule has 19 heavy (non-hydrogen) atoms. The van der Waals surface area contributed by atoms with Gasteiger partial charge in [-0.3, -0.25) is 0 Å². The third kappa shape index (κ3) is 3.34. The van der Waals surface area contributed by atoms with Crippen LogP contribution in [0.25, 0.3) is 11.3 Å². The molecule has 8 heteroatoms. The maximum atomic E-state index is 12.3. The fourth-order valence-electron chi connectivity index (χ4n) is 1.40. The Morgan fingerprint density at radius 2 is 1.89 bits per heavy atom. The van der Waals surface area contributed by atoms with E-state index in [0.717, 1.165) is 0 Å². The SMILES string of the molecule is Nc1ncc(-c2ccccc2OC(F)(F)F)nc1Br. The molecule has 0 spiro atoms. The standard InChI is InChI=1S/C11H7BrF3N3O/c12-9-10(16)17-5-7(18-9)6-3-1-2-4-8(6)19-11(13,14)15/h1-5H,(H2,16,17). The normalized spacial score (nSPS) is 11.4. The number of hydrogen-bond donors (Lipinski definition) is 1. The van der Waals surface area contributed by atoms with Crippen LogP contribution in [0.4, 0.5) is 19.0 Å². The molecule has 0 unspecified atom stereocenters. The maximum Gasteiger partial charge on any atom is 0.573 e. The number of ether oxygens (including phenoxy) is 1.